The van der Waals surface area contributed by atoms with Gasteiger partial charge in [-0.1, -0.05) is 18.2 Å². The van der Waals surface area contributed by atoms with Gasteiger partial charge in [0.1, 0.15) is 12.3 Å². The first-order valence-electron chi connectivity index (χ1n) is 3.99. The fourth-order valence-corrected chi connectivity index (χ4v) is 0.808. The zero-order chi connectivity index (χ0) is 10.4. The van der Waals surface area contributed by atoms with Crippen molar-refractivity contribution in [3.8, 4) is 5.75 Å². The molecule has 0 atom stereocenters. The minimum absolute atomic E-state index is 0. The monoisotopic (exact) mass is 217 g/mol. The van der Waals surface area contributed by atoms with Gasteiger partial charge in [0.05, 0.1) is 0 Å². The first kappa shape index (κ1) is 14.0. The SMILES string of the molecule is NC(N)=NCC(=O)Oc1ccccc1.[H-].[Na+]. The van der Waals surface area contributed by atoms with Crippen molar-refractivity contribution in [2.24, 2.45) is 16.5 Å². The van der Waals surface area contributed by atoms with E-state index in [1.54, 1.807) is 24.3 Å². The molecule has 0 fully saturated rings. The van der Waals surface area contributed by atoms with E-state index in [0.29, 0.717) is 5.75 Å². The fraction of sp³-hybridized carbons (Fsp3) is 0.111. The number of nitrogens with two attached hydrogens (primary N) is 2. The second-order valence-corrected chi connectivity index (χ2v) is 2.53. The van der Waals surface area contributed by atoms with Gasteiger partial charge in [0.15, 0.2) is 5.96 Å². The molecule has 0 aliphatic carbocycles. The Morgan fingerprint density at radius 2 is 1.93 bits per heavy atom. The molecule has 0 spiro atoms. The number of aliphatic imine (C=N–C) groups is 1. The van der Waals surface area contributed by atoms with Gasteiger partial charge in [0, 0.05) is 0 Å². The summed E-state index contributed by atoms with van der Waals surface area (Å²) in [7, 11) is 0. The summed E-state index contributed by atoms with van der Waals surface area (Å²) >= 11 is 0. The maximum atomic E-state index is 11.1. The summed E-state index contributed by atoms with van der Waals surface area (Å²) in [6, 6.07) is 8.71. The van der Waals surface area contributed by atoms with Crippen molar-refractivity contribution in [1.82, 2.24) is 0 Å². The van der Waals surface area contributed by atoms with Gasteiger partial charge >= 0.3 is 35.5 Å². The van der Waals surface area contributed by atoms with Crippen LogP contribution in [0.3, 0.4) is 0 Å². The Bertz CT molecular complexity index is 342. The summed E-state index contributed by atoms with van der Waals surface area (Å²) in [4.78, 5) is 14.6. The molecular weight excluding hydrogens is 205 g/mol. The van der Waals surface area contributed by atoms with Gasteiger partial charge in [-0.15, -0.1) is 0 Å². The van der Waals surface area contributed by atoms with Crippen LogP contribution in [0.5, 0.6) is 5.75 Å². The molecule has 0 saturated heterocycles. The van der Waals surface area contributed by atoms with E-state index in [0.717, 1.165) is 0 Å². The molecular formula is C9H12N3NaO2. The molecule has 4 N–H and O–H groups in total. The predicted octanol–water partition coefficient (Wildman–Crippen LogP) is -3.02. The maximum absolute atomic E-state index is 11.1. The van der Waals surface area contributed by atoms with Crippen molar-refractivity contribution in [1.29, 1.82) is 0 Å². The van der Waals surface area contributed by atoms with Crippen LogP contribution in [0.1, 0.15) is 1.43 Å². The molecule has 1 aromatic rings. The van der Waals surface area contributed by atoms with Crippen molar-refractivity contribution in [3.05, 3.63) is 30.3 Å². The average Bonchev–Trinajstić information content (AvgIpc) is 2.16. The second-order valence-electron chi connectivity index (χ2n) is 2.53. The fourth-order valence-electron chi connectivity index (χ4n) is 0.808. The Labute approximate surface area is 111 Å². The number of carbonyl (C=O) groups excluding carboxylic acids is 1. The molecule has 6 heteroatoms. The Morgan fingerprint density at radius 3 is 2.47 bits per heavy atom. The molecule has 0 saturated carbocycles. The molecule has 0 unspecified atom stereocenters. The third-order valence-electron chi connectivity index (χ3n) is 1.37. The summed E-state index contributed by atoms with van der Waals surface area (Å²) in [5.74, 6) is -0.150. The number of hydrogen-bond acceptors (Lipinski definition) is 3. The van der Waals surface area contributed by atoms with Crippen LogP contribution in [0.2, 0.25) is 0 Å². The maximum Gasteiger partial charge on any atom is 1.00 e. The Morgan fingerprint density at radius 1 is 1.33 bits per heavy atom. The van der Waals surface area contributed by atoms with Gasteiger partial charge < -0.3 is 17.6 Å². The van der Waals surface area contributed by atoms with E-state index in [4.69, 9.17) is 16.2 Å². The smallest absolute Gasteiger partial charge is 1.00 e. The van der Waals surface area contributed by atoms with E-state index in [2.05, 4.69) is 4.99 Å². The van der Waals surface area contributed by atoms with Crippen molar-refractivity contribution >= 4 is 11.9 Å². The molecule has 0 radical (unpaired) electrons. The minimum Gasteiger partial charge on any atom is -1.00 e. The van der Waals surface area contributed by atoms with Crippen LogP contribution in [-0.4, -0.2) is 18.5 Å². The van der Waals surface area contributed by atoms with Gasteiger partial charge in [0.2, 0.25) is 0 Å². The zero-order valence-electron chi connectivity index (χ0n) is 9.51. The average molecular weight is 217 g/mol. The van der Waals surface area contributed by atoms with Crippen LogP contribution in [-0.2, 0) is 4.79 Å². The second kappa shape index (κ2) is 7.28. The number of rotatable bonds is 3. The van der Waals surface area contributed by atoms with Crippen LogP contribution >= 0.6 is 0 Å². The van der Waals surface area contributed by atoms with Crippen LogP contribution in [0.4, 0.5) is 0 Å². The zero-order valence-corrected chi connectivity index (χ0v) is 10.5. The molecule has 0 heterocycles. The first-order chi connectivity index (χ1) is 6.68. The molecule has 1 rings (SSSR count). The number of nitrogens with zero attached hydrogens (tertiary/aromatic N) is 1. The van der Waals surface area contributed by atoms with Crippen molar-refractivity contribution < 1.29 is 40.5 Å². The molecule has 1 aromatic carbocycles. The van der Waals surface area contributed by atoms with E-state index in [1.807, 2.05) is 6.07 Å². The largest absolute Gasteiger partial charge is 1.00 e. The number of para-hydroxylation sites is 1. The Kier molecular flexibility index (Phi) is 6.77. The van der Waals surface area contributed by atoms with E-state index >= 15 is 0 Å². The minimum atomic E-state index is -0.496. The van der Waals surface area contributed by atoms with Gasteiger partial charge in [-0.3, -0.25) is 0 Å². The van der Waals surface area contributed by atoms with E-state index < -0.39 is 5.97 Å². The summed E-state index contributed by atoms with van der Waals surface area (Å²) < 4.78 is 4.91. The van der Waals surface area contributed by atoms with Crippen molar-refractivity contribution in [2.75, 3.05) is 6.54 Å². The van der Waals surface area contributed by atoms with Crippen LogP contribution in [0, 0.1) is 0 Å². The number of esters is 1. The van der Waals surface area contributed by atoms with Gasteiger partial charge in [-0.25, -0.2) is 9.79 Å². The molecule has 0 aliphatic rings. The molecule has 0 bridgehead atoms. The quantitative estimate of drug-likeness (QED) is 0.185. The molecule has 76 valence electrons. The normalized spacial score (nSPS) is 8.53. The number of ether oxygens (including phenoxy) is 1. The summed E-state index contributed by atoms with van der Waals surface area (Å²) in [5.41, 5.74) is 10.1. The number of guanidine groups is 1. The Balaban J connectivity index is 0. The van der Waals surface area contributed by atoms with E-state index in [-0.39, 0.29) is 43.5 Å². The van der Waals surface area contributed by atoms with Crippen molar-refractivity contribution in [3.63, 3.8) is 0 Å². The van der Waals surface area contributed by atoms with Gasteiger partial charge in [-0.05, 0) is 12.1 Å². The molecule has 0 aliphatic heterocycles. The molecule has 0 amide bonds. The van der Waals surface area contributed by atoms with Crippen LogP contribution in [0.25, 0.3) is 0 Å². The van der Waals surface area contributed by atoms with E-state index in [1.165, 1.54) is 0 Å². The van der Waals surface area contributed by atoms with E-state index in [9.17, 15) is 4.79 Å². The van der Waals surface area contributed by atoms with Crippen molar-refractivity contribution in [2.45, 2.75) is 0 Å². The summed E-state index contributed by atoms with van der Waals surface area (Å²) in [5, 5.41) is 0. The number of hydrogen-bond donors (Lipinski definition) is 2. The third-order valence-corrected chi connectivity index (χ3v) is 1.37. The van der Waals surface area contributed by atoms with Gasteiger partial charge in [-0.2, -0.15) is 0 Å². The topological polar surface area (TPSA) is 90.7 Å². The molecule has 5 nitrogen and oxygen atoms in total. The summed E-state index contributed by atoms with van der Waals surface area (Å²) in [6.07, 6.45) is 0. The number of benzene rings is 1. The number of carbonyl (C=O) groups is 1. The summed E-state index contributed by atoms with van der Waals surface area (Å²) in [6.45, 7) is -0.169. The van der Waals surface area contributed by atoms with Crippen LogP contribution < -0.4 is 45.8 Å². The van der Waals surface area contributed by atoms with Gasteiger partial charge in [0.25, 0.3) is 0 Å². The first-order valence-corrected chi connectivity index (χ1v) is 3.99. The predicted molar refractivity (Wildman–Crippen MR) is 53.9 cm³/mol. The standard InChI is InChI=1S/C9H11N3O2.Na.H/c10-9(11)12-6-8(13)14-7-4-2-1-3-5-7;;/h1-5H,6H2,(H4,10,11,12);;/q;+1;-1. The Hall–Kier alpha value is -1.04. The molecule has 0 aromatic heterocycles. The van der Waals surface area contributed by atoms with Crippen LogP contribution in [0.15, 0.2) is 35.3 Å². The third kappa shape index (κ3) is 6.11. The molecule has 15 heavy (non-hydrogen) atoms.